The van der Waals surface area contributed by atoms with E-state index in [1.54, 1.807) is 0 Å². The van der Waals surface area contributed by atoms with Gasteiger partial charge in [-0.3, -0.25) is 4.79 Å². The lowest BCUT2D eigenvalue weighted by Crippen LogP contribution is -2.43. The second-order valence-electron chi connectivity index (χ2n) is 2.40. The van der Waals surface area contributed by atoms with Gasteiger partial charge in [-0.1, -0.05) is 0 Å². The lowest BCUT2D eigenvalue weighted by molar-refractivity contribution is -0.195. The molecule has 0 radical (unpaired) electrons. The molecule has 0 bridgehead atoms. The van der Waals surface area contributed by atoms with Crippen LogP contribution >= 0.6 is 0 Å². The van der Waals surface area contributed by atoms with Gasteiger partial charge in [0.25, 0.3) is 6.43 Å². The standard InChI is InChI=1S/C6H6F6O/c1-2(13)3(4(7)8)6(11,12)5(9)10/h3-5H,1H3. The fourth-order valence-corrected chi connectivity index (χ4v) is 0.752. The smallest absolute Gasteiger partial charge is 0.299 e. The Balaban J connectivity index is 4.83. The van der Waals surface area contributed by atoms with Crippen molar-refractivity contribution < 1.29 is 31.1 Å². The van der Waals surface area contributed by atoms with Crippen molar-refractivity contribution in [2.75, 3.05) is 0 Å². The normalized spacial score (nSPS) is 15.2. The summed E-state index contributed by atoms with van der Waals surface area (Å²) in [6, 6.07) is 0. The van der Waals surface area contributed by atoms with Gasteiger partial charge in [-0.2, -0.15) is 8.78 Å². The predicted molar refractivity (Wildman–Crippen MR) is 31.1 cm³/mol. The number of carbonyl (C=O) groups excluding carboxylic acids is 1. The molecule has 1 nitrogen and oxygen atoms in total. The third-order valence-electron chi connectivity index (χ3n) is 1.40. The number of hydrogen-bond donors (Lipinski definition) is 0. The molecule has 0 saturated carbocycles. The van der Waals surface area contributed by atoms with E-state index < -0.39 is 30.5 Å². The third kappa shape index (κ3) is 2.60. The maximum atomic E-state index is 12.3. The SMILES string of the molecule is CC(=O)C(C(F)F)C(F)(F)C(F)F. The molecule has 1 unspecified atom stereocenters. The first-order valence-electron chi connectivity index (χ1n) is 3.15. The van der Waals surface area contributed by atoms with E-state index in [2.05, 4.69) is 0 Å². The molecule has 0 aliphatic rings. The first-order chi connectivity index (χ1) is 5.71. The average Bonchev–Trinajstić information content (AvgIpc) is 1.82. The van der Waals surface area contributed by atoms with Crippen LogP contribution in [-0.4, -0.2) is 24.6 Å². The van der Waals surface area contributed by atoms with Crippen molar-refractivity contribution in [3.05, 3.63) is 0 Å². The second-order valence-corrected chi connectivity index (χ2v) is 2.40. The number of halogens is 6. The van der Waals surface area contributed by atoms with Crippen LogP contribution in [0.4, 0.5) is 26.3 Å². The van der Waals surface area contributed by atoms with Crippen LogP contribution in [0.1, 0.15) is 6.92 Å². The topological polar surface area (TPSA) is 17.1 Å². The summed E-state index contributed by atoms with van der Waals surface area (Å²) in [5.41, 5.74) is 0. The molecule has 0 heterocycles. The Morgan fingerprint density at radius 1 is 1.15 bits per heavy atom. The highest BCUT2D eigenvalue weighted by molar-refractivity contribution is 5.79. The van der Waals surface area contributed by atoms with Gasteiger partial charge in [-0.25, -0.2) is 17.6 Å². The van der Waals surface area contributed by atoms with Crippen LogP contribution in [0.2, 0.25) is 0 Å². The molecule has 13 heavy (non-hydrogen) atoms. The molecule has 78 valence electrons. The molecule has 0 aromatic heterocycles. The van der Waals surface area contributed by atoms with E-state index >= 15 is 0 Å². The van der Waals surface area contributed by atoms with E-state index in [-0.39, 0.29) is 0 Å². The Morgan fingerprint density at radius 3 is 1.62 bits per heavy atom. The van der Waals surface area contributed by atoms with Gasteiger partial charge in [0.05, 0.1) is 0 Å². The molecule has 0 saturated heterocycles. The molecule has 0 aliphatic heterocycles. The summed E-state index contributed by atoms with van der Waals surface area (Å²) in [4.78, 5) is 10.2. The summed E-state index contributed by atoms with van der Waals surface area (Å²) in [6.45, 7) is 0.424. The number of carbonyl (C=O) groups is 1. The van der Waals surface area contributed by atoms with Crippen LogP contribution in [0.5, 0.6) is 0 Å². The Kier molecular flexibility index (Phi) is 3.74. The summed E-state index contributed by atoms with van der Waals surface area (Å²) in [5.74, 6) is -9.85. The zero-order valence-electron chi connectivity index (χ0n) is 6.41. The number of hydrogen-bond acceptors (Lipinski definition) is 1. The van der Waals surface area contributed by atoms with Crippen LogP contribution in [0.25, 0.3) is 0 Å². The van der Waals surface area contributed by atoms with Gasteiger partial charge in [-0.15, -0.1) is 0 Å². The van der Waals surface area contributed by atoms with Crippen molar-refractivity contribution in [1.29, 1.82) is 0 Å². The van der Waals surface area contributed by atoms with Crippen molar-refractivity contribution >= 4 is 5.78 Å². The first kappa shape index (κ1) is 12.2. The lowest BCUT2D eigenvalue weighted by atomic mass is 9.98. The molecule has 0 aliphatic carbocycles. The highest BCUT2D eigenvalue weighted by atomic mass is 19.3. The average molecular weight is 208 g/mol. The molecule has 0 fully saturated rings. The molecule has 7 heteroatoms. The molecule has 0 amide bonds. The summed E-state index contributed by atoms with van der Waals surface area (Å²) in [7, 11) is 0. The highest BCUT2D eigenvalue weighted by Crippen LogP contribution is 2.35. The summed E-state index contributed by atoms with van der Waals surface area (Å²) >= 11 is 0. The minimum absolute atomic E-state index is 0.424. The Hall–Kier alpha value is -0.750. The quantitative estimate of drug-likeness (QED) is 0.648. The van der Waals surface area contributed by atoms with E-state index in [1.807, 2.05) is 0 Å². The molecular formula is C6H6F6O. The van der Waals surface area contributed by atoms with Crippen LogP contribution in [0, 0.1) is 5.92 Å². The van der Waals surface area contributed by atoms with Gasteiger partial charge in [0, 0.05) is 0 Å². The summed E-state index contributed by atoms with van der Waals surface area (Å²) in [6.07, 6.45) is -8.06. The van der Waals surface area contributed by atoms with Crippen LogP contribution in [0.3, 0.4) is 0 Å². The second kappa shape index (κ2) is 3.97. The van der Waals surface area contributed by atoms with E-state index in [0.29, 0.717) is 6.92 Å². The minimum atomic E-state index is -4.97. The number of alkyl halides is 6. The Morgan fingerprint density at radius 2 is 1.54 bits per heavy atom. The maximum Gasteiger partial charge on any atom is 0.322 e. The lowest BCUT2D eigenvalue weighted by Gasteiger charge is -2.22. The number of Topliss-reactive ketones (excluding diaryl/α,β-unsaturated/α-hetero) is 1. The Bertz CT molecular complexity index is 190. The summed E-state index contributed by atoms with van der Waals surface area (Å²) < 4.78 is 71.2. The van der Waals surface area contributed by atoms with Crippen LogP contribution in [-0.2, 0) is 4.79 Å². The van der Waals surface area contributed by atoms with E-state index in [0.717, 1.165) is 0 Å². The molecule has 0 N–H and O–H groups in total. The largest absolute Gasteiger partial charge is 0.322 e. The van der Waals surface area contributed by atoms with Gasteiger partial charge in [0.1, 0.15) is 11.7 Å². The minimum Gasteiger partial charge on any atom is -0.299 e. The molecule has 0 rings (SSSR count). The number of rotatable bonds is 4. The molecule has 0 spiro atoms. The third-order valence-corrected chi connectivity index (χ3v) is 1.40. The number of ketones is 1. The van der Waals surface area contributed by atoms with Gasteiger partial charge in [0.15, 0.2) is 0 Å². The van der Waals surface area contributed by atoms with Gasteiger partial charge >= 0.3 is 12.3 Å². The molecular weight excluding hydrogens is 202 g/mol. The predicted octanol–water partition coefficient (Wildman–Crippen LogP) is 2.36. The molecule has 0 aromatic carbocycles. The zero-order valence-corrected chi connectivity index (χ0v) is 6.41. The van der Waals surface area contributed by atoms with E-state index in [1.165, 1.54) is 0 Å². The van der Waals surface area contributed by atoms with Crippen molar-refractivity contribution in [1.82, 2.24) is 0 Å². The maximum absolute atomic E-state index is 12.3. The van der Waals surface area contributed by atoms with Crippen molar-refractivity contribution in [3.63, 3.8) is 0 Å². The zero-order chi connectivity index (χ0) is 10.8. The van der Waals surface area contributed by atoms with E-state index in [4.69, 9.17) is 0 Å². The summed E-state index contributed by atoms with van der Waals surface area (Å²) in [5, 5.41) is 0. The van der Waals surface area contributed by atoms with E-state index in [9.17, 15) is 31.1 Å². The monoisotopic (exact) mass is 208 g/mol. The van der Waals surface area contributed by atoms with Crippen molar-refractivity contribution in [3.8, 4) is 0 Å². The van der Waals surface area contributed by atoms with Gasteiger partial charge in [-0.05, 0) is 6.92 Å². The fourth-order valence-electron chi connectivity index (χ4n) is 0.752. The van der Waals surface area contributed by atoms with Crippen LogP contribution < -0.4 is 0 Å². The van der Waals surface area contributed by atoms with Gasteiger partial charge in [0.2, 0.25) is 0 Å². The van der Waals surface area contributed by atoms with Crippen LogP contribution in [0.15, 0.2) is 0 Å². The van der Waals surface area contributed by atoms with Gasteiger partial charge < -0.3 is 0 Å². The Labute approximate surface area is 69.7 Å². The fraction of sp³-hybridized carbons (Fsp3) is 0.833. The highest BCUT2D eigenvalue weighted by Gasteiger charge is 2.55. The first-order valence-corrected chi connectivity index (χ1v) is 3.15. The van der Waals surface area contributed by atoms with Crippen molar-refractivity contribution in [2.24, 2.45) is 5.92 Å². The molecule has 1 atom stereocenters. The molecule has 0 aromatic rings. The van der Waals surface area contributed by atoms with Crippen molar-refractivity contribution in [2.45, 2.75) is 25.7 Å².